The average Bonchev–Trinajstić information content (AvgIpc) is 2.78. The van der Waals surface area contributed by atoms with Gasteiger partial charge in [0, 0.05) is 23.8 Å². The van der Waals surface area contributed by atoms with Gasteiger partial charge in [0.15, 0.2) is 12.4 Å². The minimum absolute atomic E-state index is 0.0113. The van der Waals surface area contributed by atoms with E-state index in [2.05, 4.69) is 4.98 Å². The summed E-state index contributed by atoms with van der Waals surface area (Å²) in [4.78, 5) is 15.3. The number of aliphatic hydroxyl groups is 1. The largest absolute Gasteiger partial charge is 0.394 e. The molecule has 6 nitrogen and oxygen atoms in total. The van der Waals surface area contributed by atoms with E-state index in [0.29, 0.717) is 0 Å². The molecule has 3 atom stereocenters. The van der Waals surface area contributed by atoms with E-state index >= 15 is 0 Å². The summed E-state index contributed by atoms with van der Waals surface area (Å²) in [5, 5.41) is 8.98. The molecule has 3 N–H and O–H groups in total. The van der Waals surface area contributed by atoms with Crippen LogP contribution in [0, 0.1) is 0 Å². The summed E-state index contributed by atoms with van der Waals surface area (Å²) in [5.41, 5.74) is 4.38. The number of aromatic nitrogens is 2. The Morgan fingerprint density at radius 2 is 2.29 bits per heavy atom. The molecule has 0 amide bonds. The fourth-order valence-corrected chi connectivity index (χ4v) is 2.12. The van der Waals surface area contributed by atoms with Crippen LogP contribution in [0.2, 0.25) is 0 Å². The SMILES string of the molecule is Nc1nc(=O)n(C2OC(CO)C(F)/C2=C\F)cc1CCF. The summed E-state index contributed by atoms with van der Waals surface area (Å²) < 4.78 is 45.1. The van der Waals surface area contributed by atoms with Gasteiger partial charge in [-0.1, -0.05) is 0 Å². The van der Waals surface area contributed by atoms with E-state index < -0.39 is 43.0 Å². The van der Waals surface area contributed by atoms with Gasteiger partial charge in [-0.3, -0.25) is 8.96 Å². The maximum Gasteiger partial charge on any atom is 0.351 e. The second-order valence-corrected chi connectivity index (χ2v) is 4.50. The van der Waals surface area contributed by atoms with Crippen molar-refractivity contribution in [3.63, 3.8) is 0 Å². The third-order valence-corrected chi connectivity index (χ3v) is 3.22. The molecule has 0 radical (unpaired) electrons. The number of nitrogen functional groups attached to an aromatic ring is 1. The number of nitrogens with two attached hydrogens (primary N) is 1. The van der Waals surface area contributed by atoms with E-state index in [9.17, 15) is 18.0 Å². The lowest BCUT2D eigenvalue weighted by Gasteiger charge is -2.16. The van der Waals surface area contributed by atoms with Crippen LogP contribution in [-0.4, -0.2) is 40.2 Å². The maximum atomic E-state index is 13.8. The highest BCUT2D eigenvalue weighted by Crippen LogP contribution is 2.35. The lowest BCUT2D eigenvalue weighted by atomic mass is 10.1. The zero-order valence-corrected chi connectivity index (χ0v) is 10.9. The topological polar surface area (TPSA) is 90.4 Å². The molecule has 1 saturated heterocycles. The first-order chi connectivity index (χ1) is 10.0. The van der Waals surface area contributed by atoms with Crippen molar-refractivity contribution in [2.45, 2.75) is 24.9 Å². The second-order valence-electron chi connectivity index (χ2n) is 4.50. The van der Waals surface area contributed by atoms with Gasteiger partial charge in [0.2, 0.25) is 0 Å². The molecule has 0 saturated carbocycles. The molecule has 21 heavy (non-hydrogen) atoms. The molecule has 2 rings (SSSR count). The Morgan fingerprint density at radius 3 is 2.86 bits per heavy atom. The molecule has 0 aromatic carbocycles. The van der Waals surface area contributed by atoms with E-state index in [-0.39, 0.29) is 24.1 Å². The number of anilines is 1. The summed E-state index contributed by atoms with van der Waals surface area (Å²) in [5.74, 6) is -0.145. The number of halogens is 3. The summed E-state index contributed by atoms with van der Waals surface area (Å²) in [6, 6.07) is 0. The van der Waals surface area contributed by atoms with Crippen molar-refractivity contribution >= 4 is 5.82 Å². The first-order valence-electron chi connectivity index (χ1n) is 6.17. The van der Waals surface area contributed by atoms with E-state index in [1.807, 2.05) is 0 Å². The molecule has 0 bridgehead atoms. The van der Waals surface area contributed by atoms with Crippen molar-refractivity contribution < 1.29 is 23.0 Å². The van der Waals surface area contributed by atoms with Gasteiger partial charge in [-0.2, -0.15) is 4.98 Å². The van der Waals surface area contributed by atoms with Crippen molar-refractivity contribution in [2.75, 3.05) is 19.0 Å². The van der Waals surface area contributed by atoms with Crippen molar-refractivity contribution in [1.82, 2.24) is 9.55 Å². The Labute approximate surface area is 117 Å². The Balaban J connectivity index is 2.46. The van der Waals surface area contributed by atoms with Gasteiger partial charge in [0.25, 0.3) is 0 Å². The Morgan fingerprint density at radius 1 is 1.57 bits per heavy atom. The zero-order chi connectivity index (χ0) is 15.6. The van der Waals surface area contributed by atoms with E-state index in [1.54, 1.807) is 0 Å². The molecule has 0 spiro atoms. The minimum Gasteiger partial charge on any atom is -0.394 e. The summed E-state index contributed by atoms with van der Waals surface area (Å²) in [6.07, 6.45) is -3.51. The van der Waals surface area contributed by atoms with E-state index in [0.717, 1.165) is 10.8 Å². The third-order valence-electron chi connectivity index (χ3n) is 3.22. The van der Waals surface area contributed by atoms with Crippen molar-refractivity contribution in [3.8, 4) is 0 Å². The number of nitrogens with zero attached hydrogens (tertiary/aromatic N) is 2. The van der Waals surface area contributed by atoms with Gasteiger partial charge < -0.3 is 15.6 Å². The average molecular weight is 305 g/mol. The van der Waals surface area contributed by atoms with Crippen molar-refractivity contribution in [2.24, 2.45) is 0 Å². The fourth-order valence-electron chi connectivity index (χ4n) is 2.12. The van der Waals surface area contributed by atoms with Gasteiger partial charge >= 0.3 is 5.69 Å². The van der Waals surface area contributed by atoms with E-state index in [1.165, 1.54) is 0 Å². The molecule has 116 valence electrons. The number of hydrogen-bond donors (Lipinski definition) is 2. The van der Waals surface area contributed by atoms with Crippen LogP contribution in [-0.2, 0) is 11.2 Å². The van der Waals surface area contributed by atoms with Gasteiger partial charge in [-0.05, 0) is 0 Å². The molecule has 1 fully saturated rings. The van der Waals surface area contributed by atoms with Crippen molar-refractivity contribution in [1.29, 1.82) is 0 Å². The Bertz CT molecular complexity index is 605. The monoisotopic (exact) mass is 305 g/mol. The normalized spacial score (nSPS) is 27.4. The number of alkyl halides is 2. The highest BCUT2D eigenvalue weighted by Gasteiger charge is 2.41. The van der Waals surface area contributed by atoms with Crippen LogP contribution >= 0.6 is 0 Å². The summed E-state index contributed by atoms with van der Waals surface area (Å²) in [6.45, 7) is -1.41. The highest BCUT2D eigenvalue weighted by molar-refractivity contribution is 5.37. The molecule has 1 aliphatic rings. The zero-order valence-electron chi connectivity index (χ0n) is 10.9. The predicted molar refractivity (Wildman–Crippen MR) is 67.7 cm³/mol. The molecule has 9 heteroatoms. The van der Waals surface area contributed by atoms with Crippen LogP contribution in [0.25, 0.3) is 0 Å². The molecule has 1 aliphatic heterocycles. The van der Waals surface area contributed by atoms with Crippen LogP contribution in [0.3, 0.4) is 0 Å². The Kier molecular flexibility index (Phi) is 4.63. The minimum atomic E-state index is -1.89. The molecule has 1 aromatic rings. The molecule has 1 aromatic heterocycles. The summed E-state index contributed by atoms with van der Waals surface area (Å²) in [7, 11) is 0. The maximum absolute atomic E-state index is 13.8. The highest BCUT2D eigenvalue weighted by atomic mass is 19.1. The quantitative estimate of drug-likeness (QED) is 0.841. The first kappa shape index (κ1) is 15.5. The fraction of sp³-hybridized carbons (Fsp3) is 0.500. The number of ether oxygens (including phenoxy) is 1. The van der Waals surface area contributed by atoms with Crippen LogP contribution in [0.1, 0.15) is 11.8 Å². The first-order valence-corrected chi connectivity index (χ1v) is 6.17. The summed E-state index contributed by atoms with van der Waals surface area (Å²) >= 11 is 0. The standard InChI is InChI=1S/C12H14F3N3O3/c13-2-1-6-4-18(12(20)17-10(6)16)11-7(3-14)9(15)8(5-19)21-11/h3-4,8-9,11,19H,1-2,5H2,(H2,16,17,20)/b7-3+. The van der Waals surface area contributed by atoms with Gasteiger partial charge in [-0.15, -0.1) is 0 Å². The van der Waals surface area contributed by atoms with Crippen LogP contribution in [0.15, 0.2) is 22.9 Å². The van der Waals surface area contributed by atoms with Crippen molar-refractivity contribution in [3.05, 3.63) is 34.1 Å². The van der Waals surface area contributed by atoms with Gasteiger partial charge in [0.1, 0.15) is 11.9 Å². The third kappa shape index (κ3) is 2.79. The van der Waals surface area contributed by atoms with Gasteiger partial charge in [0.05, 0.1) is 19.6 Å². The second kappa shape index (κ2) is 6.27. The number of rotatable bonds is 4. The lowest BCUT2D eigenvalue weighted by Crippen LogP contribution is -2.29. The smallest absolute Gasteiger partial charge is 0.351 e. The van der Waals surface area contributed by atoms with Crippen LogP contribution < -0.4 is 11.4 Å². The molecular weight excluding hydrogens is 291 g/mol. The number of hydrogen-bond acceptors (Lipinski definition) is 5. The predicted octanol–water partition coefficient (Wildman–Crippen LogP) is 0.419. The Hall–Kier alpha value is -1.87. The van der Waals surface area contributed by atoms with Crippen LogP contribution in [0.5, 0.6) is 0 Å². The van der Waals surface area contributed by atoms with Crippen LogP contribution in [0.4, 0.5) is 19.0 Å². The molecule has 0 aliphatic carbocycles. The number of aryl methyl sites for hydroxylation is 1. The molecular formula is C12H14F3N3O3. The van der Waals surface area contributed by atoms with E-state index in [4.69, 9.17) is 15.6 Å². The number of aliphatic hydroxyl groups excluding tert-OH is 1. The van der Waals surface area contributed by atoms with Gasteiger partial charge in [-0.25, -0.2) is 13.6 Å². The lowest BCUT2D eigenvalue weighted by molar-refractivity contribution is -0.0322. The molecule has 3 unspecified atom stereocenters. The molecule has 2 heterocycles.